The van der Waals surface area contributed by atoms with Crippen LogP contribution in [-0.4, -0.2) is 19.2 Å². The molecule has 0 aliphatic rings. The molecule has 15 heavy (non-hydrogen) atoms. The van der Waals surface area contributed by atoms with Crippen molar-refractivity contribution in [3.63, 3.8) is 0 Å². The number of aryl methyl sites for hydroxylation is 1. The van der Waals surface area contributed by atoms with Gasteiger partial charge in [-0.1, -0.05) is 13.3 Å². The van der Waals surface area contributed by atoms with Crippen molar-refractivity contribution in [2.24, 2.45) is 0 Å². The third kappa shape index (κ3) is 3.22. The van der Waals surface area contributed by atoms with Crippen LogP contribution in [0.5, 0.6) is 0 Å². The molecule has 0 spiro atoms. The van der Waals surface area contributed by atoms with Crippen molar-refractivity contribution in [3.05, 3.63) is 23.8 Å². The summed E-state index contributed by atoms with van der Waals surface area (Å²) in [6.45, 7) is 2.03. The molecule has 0 saturated carbocycles. The summed E-state index contributed by atoms with van der Waals surface area (Å²) in [6, 6.07) is 4.71. The average Bonchev–Trinajstić information content (AvgIpc) is 2.17. The average molecular weight is 246 g/mol. The molecule has 0 atom stereocenters. The van der Waals surface area contributed by atoms with Crippen molar-refractivity contribution < 1.29 is 13.0 Å². The summed E-state index contributed by atoms with van der Waals surface area (Å²) >= 11 is 1.58. The zero-order valence-corrected chi connectivity index (χ0v) is 10.4. The smallest absolute Gasteiger partial charge is 0.282 e. The molecular weight excluding hydrogens is 232 g/mol. The van der Waals surface area contributed by atoms with E-state index in [9.17, 15) is 8.42 Å². The molecule has 1 rings (SSSR count). The highest BCUT2D eigenvalue weighted by molar-refractivity contribution is 7.98. The third-order valence-electron chi connectivity index (χ3n) is 2.07. The summed E-state index contributed by atoms with van der Waals surface area (Å²) < 4.78 is 30.8. The lowest BCUT2D eigenvalue weighted by atomic mass is 10.1. The fourth-order valence-corrected chi connectivity index (χ4v) is 2.54. The van der Waals surface area contributed by atoms with Gasteiger partial charge in [0, 0.05) is 4.90 Å². The van der Waals surface area contributed by atoms with Gasteiger partial charge in [0.2, 0.25) is 0 Å². The van der Waals surface area contributed by atoms with Gasteiger partial charge in [0.1, 0.15) is 0 Å². The van der Waals surface area contributed by atoms with Crippen molar-refractivity contribution in [2.45, 2.75) is 29.6 Å². The highest BCUT2D eigenvalue weighted by atomic mass is 32.2. The molecule has 5 heteroatoms. The largest absolute Gasteiger partial charge is 0.294 e. The van der Waals surface area contributed by atoms with E-state index in [1.165, 1.54) is 6.07 Å². The SMILES string of the molecule is CCCc1cc(S(=O)(=O)O)ccc1SC. The van der Waals surface area contributed by atoms with Gasteiger partial charge in [0.05, 0.1) is 4.90 Å². The van der Waals surface area contributed by atoms with Crippen molar-refractivity contribution in [1.82, 2.24) is 0 Å². The van der Waals surface area contributed by atoms with Gasteiger partial charge in [-0.2, -0.15) is 8.42 Å². The first-order valence-corrected chi connectivity index (χ1v) is 7.30. The molecule has 0 heterocycles. The van der Waals surface area contributed by atoms with E-state index in [1.54, 1.807) is 23.9 Å². The highest BCUT2D eigenvalue weighted by Gasteiger charge is 2.11. The van der Waals surface area contributed by atoms with Crippen LogP contribution in [0.4, 0.5) is 0 Å². The van der Waals surface area contributed by atoms with Gasteiger partial charge < -0.3 is 0 Å². The summed E-state index contributed by atoms with van der Waals surface area (Å²) in [5, 5.41) is 0. The zero-order valence-electron chi connectivity index (χ0n) is 8.73. The van der Waals surface area contributed by atoms with Gasteiger partial charge in [-0.25, -0.2) is 0 Å². The molecule has 0 aromatic heterocycles. The maximum atomic E-state index is 10.9. The Hall–Kier alpha value is -0.520. The first kappa shape index (κ1) is 12.5. The fraction of sp³-hybridized carbons (Fsp3) is 0.400. The van der Waals surface area contributed by atoms with E-state index in [-0.39, 0.29) is 4.90 Å². The maximum Gasteiger partial charge on any atom is 0.294 e. The number of hydrogen-bond donors (Lipinski definition) is 1. The molecule has 0 radical (unpaired) electrons. The van der Waals surface area contributed by atoms with Crippen LogP contribution in [0.25, 0.3) is 0 Å². The second-order valence-corrected chi connectivity index (χ2v) is 5.47. The number of hydrogen-bond acceptors (Lipinski definition) is 3. The zero-order chi connectivity index (χ0) is 11.5. The minimum absolute atomic E-state index is 0.0243. The van der Waals surface area contributed by atoms with Crippen molar-refractivity contribution in [2.75, 3.05) is 6.26 Å². The Morgan fingerprint density at radius 3 is 2.53 bits per heavy atom. The van der Waals surface area contributed by atoms with Crippen LogP contribution < -0.4 is 0 Å². The van der Waals surface area contributed by atoms with Gasteiger partial charge in [0.15, 0.2) is 0 Å². The third-order valence-corrected chi connectivity index (χ3v) is 3.76. The summed E-state index contributed by atoms with van der Waals surface area (Å²) in [5.74, 6) is 0. The van der Waals surface area contributed by atoms with Gasteiger partial charge in [0.25, 0.3) is 10.1 Å². The predicted molar refractivity (Wildman–Crippen MR) is 62.0 cm³/mol. The van der Waals surface area contributed by atoms with Gasteiger partial charge in [-0.05, 0) is 36.4 Å². The van der Waals surface area contributed by atoms with E-state index >= 15 is 0 Å². The highest BCUT2D eigenvalue weighted by Crippen LogP contribution is 2.24. The van der Waals surface area contributed by atoms with E-state index < -0.39 is 10.1 Å². The molecular formula is C10H14O3S2. The molecule has 1 N–H and O–H groups in total. The fourth-order valence-electron chi connectivity index (χ4n) is 1.38. The lowest BCUT2D eigenvalue weighted by Gasteiger charge is -2.07. The van der Waals surface area contributed by atoms with Crippen LogP contribution in [0.1, 0.15) is 18.9 Å². The Bertz CT molecular complexity index is 438. The lowest BCUT2D eigenvalue weighted by molar-refractivity contribution is 0.483. The van der Waals surface area contributed by atoms with Crippen LogP contribution in [0.2, 0.25) is 0 Å². The number of thioether (sulfide) groups is 1. The molecule has 0 saturated heterocycles. The van der Waals surface area contributed by atoms with Crippen molar-refractivity contribution in [1.29, 1.82) is 0 Å². The first-order valence-electron chi connectivity index (χ1n) is 4.63. The Labute approximate surface area is 94.6 Å². The van der Waals surface area contributed by atoms with E-state index in [1.807, 2.05) is 13.2 Å². The summed E-state index contributed by atoms with van der Waals surface area (Å²) in [6.07, 6.45) is 3.71. The molecule has 0 aliphatic heterocycles. The number of rotatable bonds is 4. The summed E-state index contributed by atoms with van der Waals surface area (Å²) in [4.78, 5) is 1.04. The van der Waals surface area contributed by atoms with Gasteiger partial charge >= 0.3 is 0 Å². The summed E-state index contributed by atoms with van der Waals surface area (Å²) in [7, 11) is -4.08. The summed E-state index contributed by atoms with van der Waals surface area (Å²) in [5.41, 5.74) is 0.972. The van der Waals surface area contributed by atoms with Crippen LogP contribution in [-0.2, 0) is 16.5 Å². The Morgan fingerprint density at radius 1 is 1.40 bits per heavy atom. The van der Waals surface area contributed by atoms with Gasteiger partial charge in [-0.15, -0.1) is 11.8 Å². The van der Waals surface area contributed by atoms with Crippen LogP contribution >= 0.6 is 11.8 Å². The Balaban J connectivity index is 3.22. The molecule has 1 aromatic rings. The topological polar surface area (TPSA) is 54.4 Å². The van der Waals surface area contributed by atoms with E-state index in [0.717, 1.165) is 23.3 Å². The standard InChI is InChI=1S/C10H14O3S2/c1-3-4-8-7-9(15(11,12)13)5-6-10(8)14-2/h5-7H,3-4H2,1-2H3,(H,11,12,13). The van der Waals surface area contributed by atoms with Crippen LogP contribution in [0.15, 0.2) is 28.0 Å². The molecule has 0 amide bonds. The molecule has 0 unspecified atom stereocenters. The van der Waals surface area contributed by atoms with Crippen LogP contribution in [0.3, 0.4) is 0 Å². The van der Waals surface area contributed by atoms with Gasteiger partial charge in [-0.3, -0.25) is 4.55 Å². The van der Waals surface area contributed by atoms with Crippen LogP contribution in [0, 0.1) is 0 Å². The Kier molecular flexibility index (Phi) is 4.19. The quantitative estimate of drug-likeness (QED) is 0.655. The normalized spacial score (nSPS) is 11.7. The molecule has 0 bridgehead atoms. The van der Waals surface area contributed by atoms with E-state index in [2.05, 4.69) is 0 Å². The second-order valence-electron chi connectivity index (χ2n) is 3.20. The molecule has 0 fully saturated rings. The van der Waals surface area contributed by atoms with Crippen molar-refractivity contribution >= 4 is 21.9 Å². The van der Waals surface area contributed by atoms with Crippen molar-refractivity contribution in [3.8, 4) is 0 Å². The second kappa shape index (κ2) is 5.01. The Morgan fingerprint density at radius 2 is 2.07 bits per heavy atom. The monoisotopic (exact) mass is 246 g/mol. The molecule has 1 aromatic carbocycles. The molecule has 3 nitrogen and oxygen atoms in total. The predicted octanol–water partition coefficient (Wildman–Crippen LogP) is 2.61. The van der Waals surface area contributed by atoms with E-state index in [0.29, 0.717) is 0 Å². The minimum Gasteiger partial charge on any atom is -0.282 e. The maximum absolute atomic E-state index is 10.9. The molecule has 84 valence electrons. The first-order chi connectivity index (χ1) is 6.99. The van der Waals surface area contributed by atoms with E-state index in [4.69, 9.17) is 4.55 Å². The lowest BCUT2D eigenvalue weighted by Crippen LogP contribution is -2.00. The molecule has 0 aliphatic carbocycles. The minimum atomic E-state index is -4.08. The number of benzene rings is 1.